The summed E-state index contributed by atoms with van der Waals surface area (Å²) in [5.74, 6) is -0.197. The molecule has 39 heavy (non-hydrogen) atoms. The van der Waals surface area contributed by atoms with Gasteiger partial charge in [0.15, 0.2) is 5.65 Å². The Bertz CT molecular complexity index is 1830. The SMILES string of the molecule is [2H]C1(NC(=O)OC)CCC(n2c(=O)n(C([2H])([2H])[2H])c3cnc(Nc4ccc5cnn(C6(C(N)=O)CC(F)C6)c5n4)cc32)C1. The summed E-state index contributed by atoms with van der Waals surface area (Å²) >= 11 is 0. The maximum absolute atomic E-state index is 13.8. The topological polar surface area (TPSA) is 164 Å². The number of hydrogen-bond acceptors (Lipinski definition) is 8. The lowest BCUT2D eigenvalue weighted by Crippen LogP contribution is -2.57. The minimum atomic E-state index is -2.81. The van der Waals surface area contributed by atoms with Crippen molar-refractivity contribution in [1.29, 1.82) is 0 Å². The summed E-state index contributed by atoms with van der Waals surface area (Å²) in [5, 5.41) is 10.4. The summed E-state index contributed by atoms with van der Waals surface area (Å²) in [7, 11) is 1.18. The summed E-state index contributed by atoms with van der Waals surface area (Å²) in [6.07, 6.45) is 1.17. The molecule has 2 unspecified atom stereocenters. The molecular formula is C25H28FN9O4. The number of alkyl halides is 1. The van der Waals surface area contributed by atoms with E-state index in [0.717, 1.165) is 0 Å². The lowest BCUT2D eigenvalue weighted by atomic mass is 9.74. The number of aryl methyl sites for hydroxylation is 1. The van der Waals surface area contributed by atoms with Crippen molar-refractivity contribution in [3.05, 3.63) is 41.1 Å². The Kier molecular flexibility index (Phi) is 4.76. The van der Waals surface area contributed by atoms with E-state index in [9.17, 15) is 18.8 Å². The monoisotopic (exact) mass is 541 g/mol. The number of nitrogens with one attached hydrogen (secondary N) is 2. The second-order valence-corrected chi connectivity index (χ2v) is 9.86. The van der Waals surface area contributed by atoms with E-state index in [1.165, 1.54) is 34.8 Å². The maximum Gasteiger partial charge on any atom is 0.407 e. The summed E-state index contributed by atoms with van der Waals surface area (Å²) in [5.41, 5.74) is 4.13. The van der Waals surface area contributed by atoms with Crippen LogP contribution in [-0.4, -0.2) is 60.2 Å². The number of nitrogens with two attached hydrogens (primary N) is 1. The second kappa shape index (κ2) is 9.06. The molecule has 14 heteroatoms. The van der Waals surface area contributed by atoms with Crippen molar-refractivity contribution in [2.75, 3.05) is 12.4 Å². The van der Waals surface area contributed by atoms with Crippen molar-refractivity contribution in [3.8, 4) is 0 Å². The van der Waals surface area contributed by atoms with Crippen LogP contribution in [0.5, 0.6) is 0 Å². The van der Waals surface area contributed by atoms with Gasteiger partial charge in [-0.15, -0.1) is 0 Å². The Morgan fingerprint density at radius 1 is 1.26 bits per heavy atom. The first-order chi connectivity index (χ1) is 20.2. The van der Waals surface area contributed by atoms with Gasteiger partial charge in [-0.3, -0.25) is 13.9 Å². The first-order valence-electron chi connectivity index (χ1n) is 14.3. The molecule has 4 aromatic heterocycles. The summed E-state index contributed by atoms with van der Waals surface area (Å²) in [6.45, 7) is -2.81. The van der Waals surface area contributed by atoms with E-state index >= 15 is 0 Å². The van der Waals surface area contributed by atoms with Crippen LogP contribution in [0.4, 0.5) is 20.8 Å². The zero-order valence-electron chi connectivity index (χ0n) is 24.8. The van der Waals surface area contributed by atoms with Gasteiger partial charge in [-0.25, -0.2) is 28.6 Å². The number of pyridine rings is 2. The molecule has 0 aliphatic heterocycles. The highest BCUT2D eigenvalue weighted by molar-refractivity contribution is 5.87. The Hall–Kier alpha value is -4.49. The quantitative estimate of drug-likeness (QED) is 0.334. The number of fused-ring (bicyclic) bond motifs is 2. The van der Waals surface area contributed by atoms with Gasteiger partial charge >= 0.3 is 11.8 Å². The lowest BCUT2D eigenvalue weighted by molar-refractivity contribution is -0.135. The molecule has 0 bridgehead atoms. The van der Waals surface area contributed by atoms with E-state index in [1.54, 1.807) is 12.1 Å². The number of carbonyl (C=O) groups is 2. The molecule has 13 nitrogen and oxygen atoms in total. The fraction of sp³-hybridized carbons (Fsp3) is 0.440. The third kappa shape index (κ3) is 3.97. The van der Waals surface area contributed by atoms with Crippen LogP contribution in [0.25, 0.3) is 22.1 Å². The molecule has 0 saturated heterocycles. The molecule has 204 valence electrons. The van der Waals surface area contributed by atoms with E-state index in [1.807, 2.05) is 0 Å². The van der Waals surface area contributed by atoms with Crippen LogP contribution in [0, 0.1) is 0 Å². The van der Waals surface area contributed by atoms with Crippen LogP contribution in [0.15, 0.2) is 35.4 Å². The predicted molar refractivity (Wildman–Crippen MR) is 139 cm³/mol. The molecule has 4 aromatic rings. The number of halogens is 1. The predicted octanol–water partition coefficient (Wildman–Crippen LogP) is 1.99. The Balaban J connectivity index is 1.38. The van der Waals surface area contributed by atoms with Crippen LogP contribution in [0.3, 0.4) is 0 Å². The van der Waals surface area contributed by atoms with Crippen molar-refractivity contribution in [1.82, 2.24) is 34.2 Å². The normalized spacial score (nSPS) is 28.3. The summed E-state index contributed by atoms with van der Waals surface area (Å²) in [4.78, 5) is 46.4. The number of aromatic nitrogens is 6. The lowest BCUT2D eigenvalue weighted by Gasteiger charge is -2.41. The summed E-state index contributed by atoms with van der Waals surface area (Å²) in [6, 6.07) is 2.84. The second-order valence-electron chi connectivity index (χ2n) is 9.86. The molecule has 2 aliphatic carbocycles. The zero-order valence-corrected chi connectivity index (χ0v) is 20.8. The van der Waals surface area contributed by atoms with Gasteiger partial charge < -0.3 is 21.1 Å². The number of alkyl carbamates (subject to hydrolysis) is 1. The molecule has 4 heterocycles. The van der Waals surface area contributed by atoms with Gasteiger partial charge in [0.1, 0.15) is 23.3 Å². The highest BCUT2D eigenvalue weighted by Crippen LogP contribution is 2.42. The molecule has 6 rings (SSSR count). The van der Waals surface area contributed by atoms with Gasteiger partial charge in [0.25, 0.3) is 0 Å². The number of methoxy groups -OCH3 is 1. The van der Waals surface area contributed by atoms with Crippen molar-refractivity contribution < 1.29 is 24.2 Å². The Labute approximate surface area is 226 Å². The maximum atomic E-state index is 13.8. The van der Waals surface area contributed by atoms with Crippen molar-refractivity contribution in [2.24, 2.45) is 12.7 Å². The average Bonchev–Trinajstić information content (AvgIpc) is 3.58. The molecule has 0 spiro atoms. The minimum absolute atomic E-state index is 0.0385. The van der Waals surface area contributed by atoms with E-state index in [0.29, 0.717) is 22.0 Å². The molecule has 0 radical (unpaired) electrons. The highest BCUT2D eigenvalue weighted by atomic mass is 19.1. The fourth-order valence-electron chi connectivity index (χ4n) is 5.47. The van der Waals surface area contributed by atoms with Gasteiger partial charge in [0.05, 0.1) is 31.9 Å². The summed E-state index contributed by atoms with van der Waals surface area (Å²) < 4.78 is 54.3. The molecule has 2 amide bonds. The fourth-order valence-corrected chi connectivity index (χ4v) is 5.47. The molecule has 2 saturated carbocycles. The van der Waals surface area contributed by atoms with Crippen LogP contribution < -0.4 is 22.1 Å². The zero-order chi connectivity index (χ0) is 30.9. The molecule has 2 atom stereocenters. The Morgan fingerprint density at radius 2 is 2.08 bits per heavy atom. The van der Waals surface area contributed by atoms with Gasteiger partial charge in [0.2, 0.25) is 5.91 Å². The van der Waals surface area contributed by atoms with E-state index in [-0.39, 0.29) is 48.4 Å². The first kappa shape index (κ1) is 20.5. The van der Waals surface area contributed by atoms with Crippen molar-refractivity contribution in [3.63, 3.8) is 0 Å². The number of ether oxygens (including phenoxy) is 1. The number of imidazole rings is 1. The third-order valence-electron chi connectivity index (χ3n) is 7.51. The smallest absolute Gasteiger partial charge is 0.407 e. The number of rotatable bonds is 6. The van der Waals surface area contributed by atoms with Gasteiger partial charge in [-0.05, 0) is 31.4 Å². The molecule has 2 fully saturated rings. The average molecular weight is 542 g/mol. The Morgan fingerprint density at radius 3 is 2.79 bits per heavy atom. The van der Waals surface area contributed by atoms with Crippen LogP contribution in [0.2, 0.25) is 0 Å². The standard InChI is InChI=1S/C25H28FN9O4/c1-33-18-12-28-20(8-17(18)34(24(33)38)16-5-4-15(7-16)30-23(37)39-2)31-19-6-3-13-11-29-35(21(13)32-19)25(22(27)36)9-14(26)10-25/h3,6,8,11-12,14-16H,4-5,7,9-10H2,1-2H3,(H2,27,36)(H,30,37)(H,28,31,32)/i1D3,15D. The largest absolute Gasteiger partial charge is 0.453 e. The van der Waals surface area contributed by atoms with Crippen molar-refractivity contribution >= 4 is 45.7 Å². The van der Waals surface area contributed by atoms with Gasteiger partial charge in [-0.2, -0.15) is 5.10 Å². The van der Waals surface area contributed by atoms with Crippen LogP contribution >= 0.6 is 0 Å². The number of primary amides is 1. The van der Waals surface area contributed by atoms with E-state index < -0.39 is 48.4 Å². The number of anilines is 2. The van der Waals surface area contributed by atoms with Crippen molar-refractivity contribution in [2.45, 2.75) is 55.9 Å². The van der Waals surface area contributed by atoms with Crippen LogP contribution in [0.1, 0.15) is 43.6 Å². The molecule has 2 aliphatic rings. The molecule has 0 aromatic carbocycles. The third-order valence-corrected chi connectivity index (χ3v) is 7.51. The van der Waals surface area contributed by atoms with E-state index in [4.69, 9.17) is 11.2 Å². The minimum Gasteiger partial charge on any atom is -0.453 e. The van der Waals surface area contributed by atoms with Gasteiger partial charge in [-0.1, -0.05) is 0 Å². The number of nitrogens with zero attached hydrogens (tertiary/aromatic N) is 6. The number of amides is 2. The highest BCUT2D eigenvalue weighted by Gasteiger charge is 2.53. The van der Waals surface area contributed by atoms with E-state index in [2.05, 4.69) is 30.4 Å². The van der Waals surface area contributed by atoms with Gasteiger partial charge in [0, 0.05) is 47.4 Å². The number of carbonyl (C=O) groups excluding carboxylic acids is 2. The number of hydrogen-bond donors (Lipinski definition) is 3. The first-order valence-corrected chi connectivity index (χ1v) is 12.3. The molecular weight excluding hydrogens is 509 g/mol. The van der Waals surface area contributed by atoms with Crippen LogP contribution in [-0.2, 0) is 22.0 Å². The molecule has 4 N–H and O–H groups in total.